The van der Waals surface area contributed by atoms with Gasteiger partial charge in [0.05, 0.1) is 18.8 Å². The van der Waals surface area contributed by atoms with E-state index < -0.39 is 0 Å². The number of carbonyl (C=O) groups is 1. The second kappa shape index (κ2) is 11.2. The lowest BCUT2D eigenvalue weighted by molar-refractivity contribution is -0.119. The Kier molecular flexibility index (Phi) is 7.82. The highest BCUT2D eigenvalue weighted by Gasteiger charge is 2.25. The number of rotatable bonds is 8. The van der Waals surface area contributed by atoms with E-state index in [4.69, 9.17) is 9.41 Å². The van der Waals surface area contributed by atoms with E-state index in [2.05, 4.69) is 40.7 Å². The van der Waals surface area contributed by atoms with Crippen LogP contribution in [0.5, 0.6) is 0 Å². The summed E-state index contributed by atoms with van der Waals surface area (Å²) in [6.45, 7) is 7.23. The van der Waals surface area contributed by atoms with Gasteiger partial charge in [0.15, 0.2) is 5.96 Å². The van der Waals surface area contributed by atoms with Gasteiger partial charge in [-0.1, -0.05) is 12.1 Å². The van der Waals surface area contributed by atoms with Crippen molar-refractivity contribution in [2.45, 2.75) is 51.6 Å². The number of piperidine rings is 1. The monoisotopic (exact) mass is 437 g/mol. The van der Waals surface area contributed by atoms with Gasteiger partial charge in [0.25, 0.3) is 0 Å². The Morgan fingerprint density at radius 2 is 1.84 bits per heavy atom. The van der Waals surface area contributed by atoms with Gasteiger partial charge in [-0.15, -0.1) is 0 Å². The Labute approximate surface area is 190 Å². The smallest absolute Gasteiger partial charge is 0.226 e. The van der Waals surface area contributed by atoms with Gasteiger partial charge in [-0.3, -0.25) is 9.69 Å². The standard InChI is InChI=1S/C25H35N5O2/c1-2-26-25(28-19-22(23-8-7-17-32-23)29-14-5-6-15-29)27-18-20-10-12-21(13-11-20)30-16-4-3-9-24(30)31/h7-8,10-13,17,22H,2-6,9,14-16,18-19H2,1H3,(H2,26,27,28). The Hall–Kier alpha value is -2.80. The highest BCUT2D eigenvalue weighted by atomic mass is 16.3. The minimum absolute atomic E-state index is 0.206. The van der Waals surface area contributed by atoms with Gasteiger partial charge in [0.2, 0.25) is 5.91 Å². The van der Waals surface area contributed by atoms with Crippen molar-refractivity contribution in [3.8, 4) is 0 Å². The van der Waals surface area contributed by atoms with E-state index in [9.17, 15) is 4.79 Å². The lowest BCUT2D eigenvalue weighted by atomic mass is 10.1. The molecule has 2 saturated heterocycles. The molecule has 2 fully saturated rings. The van der Waals surface area contributed by atoms with Crippen molar-refractivity contribution >= 4 is 17.6 Å². The summed E-state index contributed by atoms with van der Waals surface area (Å²) in [4.78, 5) is 21.3. The number of benzene rings is 1. The van der Waals surface area contributed by atoms with Gasteiger partial charge in [-0.05, 0) is 75.5 Å². The molecule has 0 spiro atoms. The minimum atomic E-state index is 0.206. The fraction of sp³-hybridized carbons (Fsp3) is 0.520. The van der Waals surface area contributed by atoms with Crippen LogP contribution in [-0.2, 0) is 11.3 Å². The first-order valence-electron chi connectivity index (χ1n) is 11.9. The predicted octanol–water partition coefficient (Wildman–Crippen LogP) is 3.69. The van der Waals surface area contributed by atoms with E-state index in [0.29, 0.717) is 13.0 Å². The van der Waals surface area contributed by atoms with Crippen LogP contribution in [0.2, 0.25) is 0 Å². The molecule has 7 nitrogen and oxygen atoms in total. The van der Waals surface area contributed by atoms with Crippen LogP contribution < -0.4 is 15.5 Å². The number of nitrogens with one attached hydrogen (secondary N) is 2. The highest BCUT2D eigenvalue weighted by molar-refractivity contribution is 5.93. The van der Waals surface area contributed by atoms with Gasteiger partial charge in [-0.2, -0.15) is 0 Å². The van der Waals surface area contributed by atoms with Crippen LogP contribution in [0.3, 0.4) is 0 Å². The third kappa shape index (κ3) is 5.71. The van der Waals surface area contributed by atoms with Crippen molar-refractivity contribution in [1.29, 1.82) is 0 Å². The zero-order valence-electron chi connectivity index (χ0n) is 19.1. The maximum atomic E-state index is 12.2. The van der Waals surface area contributed by atoms with Crippen LogP contribution in [0.4, 0.5) is 5.69 Å². The molecule has 1 unspecified atom stereocenters. The first-order chi connectivity index (χ1) is 15.7. The van der Waals surface area contributed by atoms with Crippen molar-refractivity contribution in [3.63, 3.8) is 0 Å². The number of amides is 1. The molecule has 172 valence electrons. The average Bonchev–Trinajstić information content (AvgIpc) is 3.54. The molecule has 3 heterocycles. The van der Waals surface area contributed by atoms with E-state index in [1.165, 1.54) is 12.8 Å². The first kappa shape index (κ1) is 22.4. The number of anilines is 1. The molecular weight excluding hydrogens is 402 g/mol. The van der Waals surface area contributed by atoms with Crippen LogP contribution in [0, 0.1) is 0 Å². The van der Waals surface area contributed by atoms with Gasteiger partial charge >= 0.3 is 0 Å². The highest BCUT2D eigenvalue weighted by Crippen LogP contribution is 2.25. The Bertz CT molecular complexity index is 872. The molecule has 2 aliphatic heterocycles. The zero-order chi connectivity index (χ0) is 22.2. The molecule has 1 atom stereocenters. The molecular formula is C25H35N5O2. The summed E-state index contributed by atoms with van der Waals surface area (Å²) >= 11 is 0. The van der Waals surface area contributed by atoms with Crippen molar-refractivity contribution < 1.29 is 9.21 Å². The van der Waals surface area contributed by atoms with E-state index in [1.54, 1.807) is 6.26 Å². The number of nitrogens with zero attached hydrogens (tertiary/aromatic N) is 3. The van der Waals surface area contributed by atoms with E-state index in [0.717, 1.165) is 68.5 Å². The number of furan rings is 1. The molecule has 7 heteroatoms. The number of likely N-dealkylation sites (tertiary alicyclic amines) is 1. The molecule has 0 aliphatic carbocycles. The fourth-order valence-electron chi connectivity index (χ4n) is 4.51. The summed E-state index contributed by atoms with van der Waals surface area (Å²) in [5.41, 5.74) is 2.11. The predicted molar refractivity (Wildman–Crippen MR) is 128 cm³/mol. The largest absolute Gasteiger partial charge is 0.468 e. The Balaban J connectivity index is 1.37. The normalized spacial score (nSPS) is 18.7. The van der Waals surface area contributed by atoms with Crippen LogP contribution >= 0.6 is 0 Å². The molecule has 1 amide bonds. The molecule has 1 aromatic heterocycles. The van der Waals surface area contributed by atoms with Crippen molar-refractivity contribution in [3.05, 3.63) is 54.0 Å². The molecule has 4 rings (SSSR count). The van der Waals surface area contributed by atoms with Crippen LogP contribution in [0.1, 0.15) is 56.4 Å². The topological polar surface area (TPSA) is 73.1 Å². The maximum absolute atomic E-state index is 12.2. The van der Waals surface area contributed by atoms with Gasteiger partial charge in [0, 0.05) is 31.7 Å². The van der Waals surface area contributed by atoms with Gasteiger partial charge < -0.3 is 20.0 Å². The lowest BCUT2D eigenvalue weighted by Crippen LogP contribution is -2.42. The first-order valence-corrected chi connectivity index (χ1v) is 11.9. The van der Waals surface area contributed by atoms with Crippen LogP contribution in [0.15, 0.2) is 52.1 Å². The Morgan fingerprint density at radius 1 is 1.06 bits per heavy atom. The van der Waals surface area contributed by atoms with Gasteiger partial charge in [-0.25, -0.2) is 4.99 Å². The second-order valence-corrected chi connectivity index (χ2v) is 8.52. The van der Waals surface area contributed by atoms with E-state index in [-0.39, 0.29) is 11.9 Å². The second-order valence-electron chi connectivity index (χ2n) is 8.52. The molecule has 0 bridgehead atoms. The van der Waals surface area contributed by atoms with Crippen LogP contribution in [0.25, 0.3) is 0 Å². The average molecular weight is 438 g/mol. The maximum Gasteiger partial charge on any atom is 0.226 e. The third-order valence-electron chi connectivity index (χ3n) is 6.25. The molecule has 32 heavy (non-hydrogen) atoms. The van der Waals surface area contributed by atoms with Crippen molar-refractivity contribution in [2.24, 2.45) is 4.99 Å². The summed E-state index contributed by atoms with van der Waals surface area (Å²) in [5, 5.41) is 6.86. The molecule has 2 aromatic rings. The van der Waals surface area contributed by atoms with Crippen LogP contribution in [-0.4, -0.2) is 49.5 Å². The number of aliphatic imine (C=N–C) groups is 1. The molecule has 2 aliphatic rings. The molecule has 1 aromatic carbocycles. The molecule has 2 N–H and O–H groups in total. The summed E-state index contributed by atoms with van der Waals surface area (Å²) < 4.78 is 5.73. The Morgan fingerprint density at radius 3 is 2.53 bits per heavy atom. The quantitative estimate of drug-likeness (QED) is 0.487. The molecule has 0 saturated carbocycles. The van der Waals surface area contributed by atoms with Crippen molar-refractivity contribution in [2.75, 3.05) is 37.6 Å². The summed E-state index contributed by atoms with van der Waals surface area (Å²) in [7, 11) is 0. The number of hydrogen-bond donors (Lipinski definition) is 2. The lowest BCUT2D eigenvalue weighted by Gasteiger charge is -2.27. The molecule has 0 radical (unpaired) electrons. The number of guanidine groups is 1. The third-order valence-corrected chi connectivity index (χ3v) is 6.25. The number of carbonyl (C=O) groups excluding carboxylic acids is 1. The SMILES string of the molecule is CCNC(=NCc1ccc(N2CCCCC2=O)cc1)NCC(c1ccco1)N1CCCC1. The zero-order valence-corrected chi connectivity index (χ0v) is 19.1. The number of hydrogen-bond acceptors (Lipinski definition) is 4. The minimum Gasteiger partial charge on any atom is -0.468 e. The summed E-state index contributed by atoms with van der Waals surface area (Å²) in [6.07, 6.45) is 6.96. The van der Waals surface area contributed by atoms with E-state index >= 15 is 0 Å². The fourth-order valence-corrected chi connectivity index (χ4v) is 4.51. The van der Waals surface area contributed by atoms with Gasteiger partial charge in [0.1, 0.15) is 5.76 Å². The van der Waals surface area contributed by atoms with E-state index in [1.807, 2.05) is 23.1 Å². The van der Waals surface area contributed by atoms with Crippen molar-refractivity contribution in [1.82, 2.24) is 15.5 Å². The summed E-state index contributed by atoms with van der Waals surface area (Å²) in [5.74, 6) is 2.03. The summed E-state index contributed by atoms with van der Waals surface area (Å²) in [6, 6.07) is 12.4.